The van der Waals surface area contributed by atoms with Gasteiger partial charge in [0.25, 0.3) is 0 Å². The third-order valence-corrected chi connectivity index (χ3v) is 2.79. The van der Waals surface area contributed by atoms with Gasteiger partial charge in [0.15, 0.2) is 0 Å². The Kier molecular flexibility index (Phi) is 3.13. The molecule has 0 nitrogen and oxygen atoms in total. The largest absolute Gasteiger partial charge is 0.0958 e. The standard InChI is InChI=1S/C13H20/c1-9(2)12-6-7-13(10(3)4)11(5)8-12/h6-7,10-11H,1,8H2,2-5H3. The maximum absolute atomic E-state index is 3.99. The van der Waals surface area contributed by atoms with Gasteiger partial charge in [0.2, 0.25) is 0 Å². The molecule has 0 radical (unpaired) electrons. The van der Waals surface area contributed by atoms with E-state index in [2.05, 4.69) is 46.4 Å². The third kappa shape index (κ3) is 2.33. The summed E-state index contributed by atoms with van der Waals surface area (Å²) in [4.78, 5) is 0. The molecule has 0 bridgehead atoms. The van der Waals surface area contributed by atoms with E-state index < -0.39 is 0 Å². The van der Waals surface area contributed by atoms with Gasteiger partial charge in [-0.05, 0) is 30.8 Å². The van der Waals surface area contributed by atoms with Crippen LogP contribution in [0.3, 0.4) is 0 Å². The number of allylic oxidation sites excluding steroid dienone is 5. The van der Waals surface area contributed by atoms with Crippen molar-refractivity contribution in [3.63, 3.8) is 0 Å². The van der Waals surface area contributed by atoms with Crippen molar-refractivity contribution in [2.24, 2.45) is 11.8 Å². The highest BCUT2D eigenvalue weighted by Gasteiger charge is 2.17. The molecule has 1 atom stereocenters. The molecule has 0 heteroatoms. The monoisotopic (exact) mass is 176 g/mol. The summed E-state index contributed by atoms with van der Waals surface area (Å²) in [5.41, 5.74) is 4.20. The van der Waals surface area contributed by atoms with Gasteiger partial charge < -0.3 is 0 Å². The second kappa shape index (κ2) is 3.95. The van der Waals surface area contributed by atoms with Crippen molar-refractivity contribution < 1.29 is 0 Å². The van der Waals surface area contributed by atoms with E-state index in [0.717, 1.165) is 0 Å². The van der Waals surface area contributed by atoms with Crippen LogP contribution in [0.1, 0.15) is 34.1 Å². The van der Waals surface area contributed by atoms with Crippen LogP contribution in [-0.4, -0.2) is 0 Å². The van der Waals surface area contributed by atoms with E-state index in [1.54, 1.807) is 5.57 Å². The first kappa shape index (κ1) is 10.3. The summed E-state index contributed by atoms with van der Waals surface area (Å²) in [6.07, 6.45) is 5.68. The summed E-state index contributed by atoms with van der Waals surface area (Å²) in [5, 5.41) is 0. The Morgan fingerprint density at radius 1 is 1.46 bits per heavy atom. The molecule has 0 saturated carbocycles. The zero-order chi connectivity index (χ0) is 10.0. The van der Waals surface area contributed by atoms with Crippen molar-refractivity contribution in [3.8, 4) is 0 Å². The molecule has 0 amide bonds. The van der Waals surface area contributed by atoms with E-state index in [1.165, 1.54) is 17.6 Å². The van der Waals surface area contributed by atoms with Crippen molar-refractivity contribution in [3.05, 3.63) is 35.5 Å². The molecular weight excluding hydrogens is 156 g/mol. The lowest BCUT2D eigenvalue weighted by atomic mass is 9.81. The molecule has 0 aromatic carbocycles. The molecule has 0 spiro atoms. The van der Waals surface area contributed by atoms with Crippen molar-refractivity contribution in [1.29, 1.82) is 0 Å². The zero-order valence-corrected chi connectivity index (χ0v) is 9.22. The highest BCUT2D eigenvalue weighted by atomic mass is 14.2. The average Bonchev–Trinajstić information content (AvgIpc) is 2.03. The summed E-state index contributed by atoms with van der Waals surface area (Å²) in [6.45, 7) is 12.9. The van der Waals surface area contributed by atoms with Crippen LogP contribution < -0.4 is 0 Å². The molecule has 0 saturated heterocycles. The molecule has 72 valence electrons. The fourth-order valence-electron chi connectivity index (χ4n) is 1.95. The van der Waals surface area contributed by atoms with Gasteiger partial charge in [-0.3, -0.25) is 0 Å². The predicted octanol–water partition coefficient (Wildman–Crippen LogP) is 4.11. The quantitative estimate of drug-likeness (QED) is 0.594. The number of hydrogen-bond donors (Lipinski definition) is 0. The Morgan fingerprint density at radius 3 is 2.46 bits per heavy atom. The Hall–Kier alpha value is -0.780. The average molecular weight is 176 g/mol. The Morgan fingerprint density at radius 2 is 2.08 bits per heavy atom. The molecule has 13 heavy (non-hydrogen) atoms. The number of rotatable bonds is 2. The maximum atomic E-state index is 3.99. The molecule has 0 N–H and O–H groups in total. The lowest BCUT2D eigenvalue weighted by molar-refractivity contribution is 0.573. The molecule has 0 aliphatic heterocycles. The van der Waals surface area contributed by atoms with Gasteiger partial charge in [-0.2, -0.15) is 0 Å². The summed E-state index contributed by atoms with van der Waals surface area (Å²) in [6, 6.07) is 0. The molecule has 0 aromatic rings. The Bertz CT molecular complexity index is 264. The Labute approximate surface area is 82.0 Å². The second-order valence-corrected chi connectivity index (χ2v) is 4.40. The first-order valence-electron chi connectivity index (χ1n) is 5.09. The third-order valence-electron chi connectivity index (χ3n) is 2.79. The first-order valence-corrected chi connectivity index (χ1v) is 5.09. The normalized spacial score (nSPS) is 22.7. The lowest BCUT2D eigenvalue weighted by Crippen LogP contribution is -2.10. The number of hydrogen-bond acceptors (Lipinski definition) is 0. The summed E-state index contributed by atoms with van der Waals surface area (Å²) in [5.74, 6) is 1.37. The van der Waals surface area contributed by atoms with Crippen LogP contribution in [0.4, 0.5) is 0 Å². The van der Waals surface area contributed by atoms with Crippen LogP contribution in [0, 0.1) is 11.8 Å². The molecular formula is C13H20. The molecule has 0 fully saturated rings. The van der Waals surface area contributed by atoms with Gasteiger partial charge in [-0.25, -0.2) is 0 Å². The van der Waals surface area contributed by atoms with Gasteiger partial charge in [0, 0.05) is 0 Å². The highest BCUT2D eigenvalue weighted by molar-refractivity contribution is 5.36. The summed E-state index contributed by atoms with van der Waals surface area (Å²) in [7, 11) is 0. The van der Waals surface area contributed by atoms with Crippen molar-refractivity contribution in [2.75, 3.05) is 0 Å². The van der Waals surface area contributed by atoms with Crippen LogP contribution in [0.5, 0.6) is 0 Å². The second-order valence-electron chi connectivity index (χ2n) is 4.40. The smallest absolute Gasteiger partial charge is 0.0185 e. The van der Waals surface area contributed by atoms with E-state index in [1.807, 2.05) is 0 Å². The van der Waals surface area contributed by atoms with E-state index in [9.17, 15) is 0 Å². The first-order chi connectivity index (χ1) is 6.02. The Balaban J connectivity index is 2.87. The van der Waals surface area contributed by atoms with Gasteiger partial charge in [0.1, 0.15) is 0 Å². The van der Waals surface area contributed by atoms with Crippen molar-refractivity contribution in [1.82, 2.24) is 0 Å². The molecule has 1 unspecified atom stereocenters. The van der Waals surface area contributed by atoms with Gasteiger partial charge >= 0.3 is 0 Å². The zero-order valence-electron chi connectivity index (χ0n) is 9.22. The fraction of sp³-hybridized carbons (Fsp3) is 0.538. The van der Waals surface area contributed by atoms with Gasteiger partial charge in [-0.15, -0.1) is 0 Å². The van der Waals surface area contributed by atoms with Crippen LogP contribution in [0.15, 0.2) is 35.5 Å². The maximum Gasteiger partial charge on any atom is -0.0185 e. The van der Waals surface area contributed by atoms with Crippen LogP contribution in [0.2, 0.25) is 0 Å². The molecule has 1 aliphatic carbocycles. The molecule has 0 heterocycles. The minimum Gasteiger partial charge on any atom is -0.0958 e. The molecule has 1 aliphatic rings. The van der Waals surface area contributed by atoms with Crippen LogP contribution in [0.25, 0.3) is 0 Å². The van der Waals surface area contributed by atoms with E-state index in [0.29, 0.717) is 11.8 Å². The van der Waals surface area contributed by atoms with E-state index in [4.69, 9.17) is 0 Å². The fourth-order valence-corrected chi connectivity index (χ4v) is 1.95. The van der Waals surface area contributed by atoms with E-state index >= 15 is 0 Å². The predicted molar refractivity (Wildman–Crippen MR) is 59.6 cm³/mol. The topological polar surface area (TPSA) is 0 Å². The van der Waals surface area contributed by atoms with Crippen molar-refractivity contribution in [2.45, 2.75) is 34.1 Å². The van der Waals surface area contributed by atoms with Crippen LogP contribution in [-0.2, 0) is 0 Å². The summed E-state index contributed by atoms with van der Waals surface area (Å²) < 4.78 is 0. The minimum absolute atomic E-state index is 0.679. The minimum atomic E-state index is 0.679. The molecule has 1 rings (SSSR count). The highest BCUT2D eigenvalue weighted by Crippen LogP contribution is 2.31. The molecule has 0 aromatic heterocycles. The SMILES string of the molecule is C=C(C)C1=CC=C(C(C)C)C(C)C1. The van der Waals surface area contributed by atoms with Crippen molar-refractivity contribution >= 4 is 0 Å². The van der Waals surface area contributed by atoms with Gasteiger partial charge in [0.05, 0.1) is 0 Å². The lowest BCUT2D eigenvalue weighted by Gasteiger charge is -2.24. The van der Waals surface area contributed by atoms with E-state index in [-0.39, 0.29) is 0 Å². The summed E-state index contributed by atoms with van der Waals surface area (Å²) >= 11 is 0. The van der Waals surface area contributed by atoms with Gasteiger partial charge in [-0.1, -0.05) is 50.6 Å². The van der Waals surface area contributed by atoms with Crippen LogP contribution >= 0.6 is 0 Å².